The number of carbonyl (C=O) groups is 1. The minimum atomic E-state index is -0.0719. The van der Waals surface area contributed by atoms with Gasteiger partial charge in [-0.3, -0.25) is 14.2 Å². The Morgan fingerprint density at radius 1 is 1.06 bits per heavy atom. The first-order valence-corrected chi connectivity index (χ1v) is 12.7. The molecule has 10 nitrogen and oxygen atoms in total. The number of aryl methyl sites for hydroxylation is 2. The largest absolute Gasteiger partial charge is 0.335 e. The van der Waals surface area contributed by atoms with Gasteiger partial charge >= 0.3 is 6.03 Å². The molecular formula is C25H36N8O2. The van der Waals surface area contributed by atoms with Gasteiger partial charge in [0.1, 0.15) is 5.52 Å². The summed E-state index contributed by atoms with van der Waals surface area (Å²) in [5, 5.41) is 13.2. The summed E-state index contributed by atoms with van der Waals surface area (Å²) in [6.07, 6.45) is 11.4. The Hall–Kier alpha value is -3.14. The molecule has 1 saturated heterocycles. The number of likely N-dealkylation sites (N-methyl/N-ethyl adjacent to an activating group) is 1. The van der Waals surface area contributed by atoms with Gasteiger partial charge in [-0.15, -0.1) is 0 Å². The Morgan fingerprint density at radius 2 is 1.86 bits per heavy atom. The number of urea groups is 1. The molecule has 3 aromatic heterocycles. The fraction of sp³-hybridized carbons (Fsp3) is 0.600. The molecular weight excluding hydrogens is 444 g/mol. The molecule has 1 saturated carbocycles. The molecule has 0 radical (unpaired) electrons. The molecule has 188 valence electrons. The zero-order chi connectivity index (χ0) is 24.5. The molecule has 1 atom stereocenters. The molecule has 2 amide bonds. The molecule has 10 heteroatoms. The van der Waals surface area contributed by atoms with E-state index in [1.807, 2.05) is 35.1 Å². The van der Waals surface area contributed by atoms with Crippen molar-refractivity contribution in [3.05, 3.63) is 35.0 Å². The first-order valence-electron chi connectivity index (χ1n) is 12.7. The van der Waals surface area contributed by atoms with Crippen molar-refractivity contribution < 1.29 is 4.79 Å². The van der Waals surface area contributed by atoms with Crippen LogP contribution in [0.4, 0.5) is 4.79 Å². The quantitative estimate of drug-likeness (QED) is 0.617. The van der Waals surface area contributed by atoms with Gasteiger partial charge in [0.25, 0.3) is 5.56 Å². The number of nitrogens with zero attached hydrogens (tertiary/aromatic N) is 7. The lowest BCUT2D eigenvalue weighted by molar-refractivity contribution is 0.184. The summed E-state index contributed by atoms with van der Waals surface area (Å²) in [7, 11) is 5.73. The predicted octanol–water partition coefficient (Wildman–Crippen LogP) is 2.04. The third-order valence-electron chi connectivity index (χ3n) is 7.35. The van der Waals surface area contributed by atoms with E-state index in [1.165, 1.54) is 19.3 Å². The van der Waals surface area contributed by atoms with Crippen LogP contribution in [-0.2, 0) is 20.6 Å². The second-order valence-corrected chi connectivity index (χ2v) is 10.3. The predicted molar refractivity (Wildman–Crippen MR) is 135 cm³/mol. The van der Waals surface area contributed by atoms with Crippen molar-refractivity contribution in [2.45, 2.75) is 44.7 Å². The molecule has 4 heterocycles. The average molecular weight is 481 g/mol. The third kappa shape index (κ3) is 5.12. The molecule has 2 aliphatic rings. The van der Waals surface area contributed by atoms with Gasteiger partial charge < -0.3 is 19.7 Å². The standard InChI is InChI=1S/C25H36N8O2/c1-29-11-12-32(25(35)26-19-7-5-4-6-8-19)14-18(13-29)15-33-17-21-23(28-33)20(16-30(2)24(21)34)22-9-10-31(3)27-22/h9-10,16-19H,4-8,11-15H2,1-3H3,(H,26,35). The number of rotatable bonds is 4. The molecule has 0 aromatic carbocycles. The van der Waals surface area contributed by atoms with Gasteiger partial charge in [0, 0.05) is 82.9 Å². The molecule has 0 spiro atoms. The lowest BCUT2D eigenvalue weighted by atomic mass is 9.96. The molecule has 1 aliphatic carbocycles. The van der Waals surface area contributed by atoms with Crippen molar-refractivity contribution in [2.24, 2.45) is 20.0 Å². The smallest absolute Gasteiger partial charge is 0.317 e. The van der Waals surface area contributed by atoms with E-state index >= 15 is 0 Å². The van der Waals surface area contributed by atoms with Gasteiger partial charge in [0.2, 0.25) is 0 Å². The van der Waals surface area contributed by atoms with Gasteiger partial charge in [-0.05, 0) is 26.0 Å². The molecule has 2 fully saturated rings. The first kappa shape index (κ1) is 23.6. The maximum Gasteiger partial charge on any atom is 0.317 e. The number of pyridine rings is 1. The molecule has 35 heavy (non-hydrogen) atoms. The van der Waals surface area contributed by atoms with Crippen LogP contribution in [0.5, 0.6) is 0 Å². The van der Waals surface area contributed by atoms with E-state index in [4.69, 9.17) is 5.10 Å². The van der Waals surface area contributed by atoms with Gasteiger partial charge in [0.15, 0.2) is 0 Å². The second kappa shape index (κ2) is 9.85. The summed E-state index contributed by atoms with van der Waals surface area (Å²) in [5.74, 6) is 0.205. The lowest BCUT2D eigenvalue weighted by Gasteiger charge is -2.29. The summed E-state index contributed by atoms with van der Waals surface area (Å²) >= 11 is 0. The summed E-state index contributed by atoms with van der Waals surface area (Å²) in [5.41, 5.74) is 2.23. The molecule has 0 bridgehead atoms. The first-order chi connectivity index (χ1) is 16.9. The number of fused-ring (bicyclic) bond motifs is 1. The van der Waals surface area contributed by atoms with Crippen molar-refractivity contribution in [2.75, 3.05) is 33.2 Å². The van der Waals surface area contributed by atoms with E-state index in [9.17, 15) is 9.59 Å². The summed E-state index contributed by atoms with van der Waals surface area (Å²) in [6.45, 7) is 3.74. The van der Waals surface area contributed by atoms with Gasteiger partial charge in [-0.1, -0.05) is 19.3 Å². The molecule has 1 N–H and O–H groups in total. The Balaban J connectivity index is 1.37. The minimum Gasteiger partial charge on any atom is -0.335 e. The summed E-state index contributed by atoms with van der Waals surface area (Å²) in [4.78, 5) is 30.2. The van der Waals surface area contributed by atoms with Crippen LogP contribution in [-0.4, -0.2) is 79.2 Å². The van der Waals surface area contributed by atoms with Crippen LogP contribution in [0, 0.1) is 5.92 Å². The number of nitrogens with one attached hydrogen (secondary N) is 1. The van der Waals surface area contributed by atoms with Crippen LogP contribution >= 0.6 is 0 Å². The van der Waals surface area contributed by atoms with Crippen LogP contribution in [0.2, 0.25) is 0 Å². The van der Waals surface area contributed by atoms with Crippen molar-refractivity contribution in [1.29, 1.82) is 0 Å². The highest BCUT2D eigenvalue weighted by Crippen LogP contribution is 2.25. The maximum atomic E-state index is 13.1. The summed E-state index contributed by atoms with van der Waals surface area (Å²) in [6, 6.07) is 2.28. The minimum absolute atomic E-state index is 0.0501. The van der Waals surface area contributed by atoms with Crippen LogP contribution in [0.3, 0.4) is 0 Å². The van der Waals surface area contributed by atoms with E-state index in [1.54, 1.807) is 22.5 Å². The van der Waals surface area contributed by atoms with Gasteiger partial charge in [0.05, 0.1) is 11.1 Å². The van der Waals surface area contributed by atoms with Crippen molar-refractivity contribution in [3.63, 3.8) is 0 Å². The number of hydrogen-bond acceptors (Lipinski definition) is 5. The molecule has 5 rings (SSSR count). The maximum absolute atomic E-state index is 13.1. The number of carbonyl (C=O) groups excluding carboxylic acids is 1. The van der Waals surface area contributed by atoms with E-state index in [2.05, 4.69) is 22.4 Å². The van der Waals surface area contributed by atoms with Crippen molar-refractivity contribution >= 4 is 16.9 Å². The van der Waals surface area contributed by atoms with E-state index < -0.39 is 0 Å². The topological polar surface area (TPSA) is 93.2 Å². The van der Waals surface area contributed by atoms with Crippen LogP contribution in [0.1, 0.15) is 32.1 Å². The van der Waals surface area contributed by atoms with Crippen LogP contribution in [0.15, 0.2) is 29.5 Å². The van der Waals surface area contributed by atoms with E-state index in [0.717, 1.165) is 43.7 Å². The van der Waals surface area contributed by atoms with Gasteiger partial charge in [-0.2, -0.15) is 10.2 Å². The average Bonchev–Trinajstić information content (AvgIpc) is 3.40. The van der Waals surface area contributed by atoms with Crippen molar-refractivity contribution in [1.82, 2.24) is 39.2 Å². The van der Waals surface area contributed by atoms with Crippen molar-refractivity contribution in [3.8, 4) is 11.3 Å². The number of hydrogen-bond donors (Lipinski definition) is 1. The zero-order valence-corrected chi connectivity index (χ0v) is 21.0. The fourth-order valence-electron chi connectivity index (χ4n) is 5.48. The van der Waals surface area contributed by atoms with E-state index in [-0.39, 0.29) is 17.5 Å². The van der Waals surface area contributed by atoms with Crippen LogP contribution in [0.25, 0.3) is 22.2 Å². The Labute approximate surface area is 205 Å². The zero-order valence-electron chi connectivity index (χ0n) is 21.0. The van der Waals surface area contributed by atoms with Crippen LogP contribution < -0.4 is 10.9 Å². The normalized spacial score (nSPS) is 20.3. The molecule has 3 aromatic rings. The highest BCUT2D eigenvalue weighted by atomic mass is 16.2. The third-order valence-corrected chi connectivity index (χ3v) is 7.35. The summed E-state index contributed by atoms with van der Waals surface area (Å²) < 4.78 is 5.21. The molecule has 1 aliphatic heterocycles. The Bertz CT molecular complexity index is 1250. The second-order valence-electron chi connectivity index (χ2n) is 10.3. The monoisotopic (exact) mass is 480 g/mol. The lowest BCUT2D eigenvalue weighted by Crippen LogP contribution is -2.47. The SMILES string of the molecule is CN1CCN(C(=O)NC2CCCCC2)CC(Cn2cc3c(=O)n(C)cc(-c4ccn(C)n4)c3n2)C1. The highest BCUT2D eigenvalue weighted by Gasteiger charge is 2.27. The molecule has 1 unspecified atom stereocenters. The highest BCUT2D eigenvalue weighted by molar-refractivity contribution is 5.91. The fourth-order valence-corrected chi connectivity index (χ4v) is 5.48. The van der Waals surface area contributed by atoms with Gasteiger partial charge in [-0.25, -0.2) is 4.79 Å². The Kier molecular flexibility index (Phi) is 6.64. The Morgan fingerprint density at radius 3 is 2.60 bits per heavy atom. The number of aromatic nitrogens is 5. The van der Waals surface area contributed by atoms with E-state index in [0.29, 0.717) is 30.0 Å². The number of amides is 2.